The second kappa shape index (κ2) is 13.9. The minimum absolute atomic E-state index is 1.21. The predicted octanol–water partition coefficient (Wildman–Crippen LogP) is 16.4. The van der Waals surface area contributed by atoms with Crippen molar-refractivity contribution in [3.63, 3.8) is 0 Å². The summed E-state index contributed by atoms with van der Waals surface area (Å²) < 4.78 is 2.61. The second-order valence-electron chi connectivity index (χ2n) is 14.9. The van der Waals surface area contributed by atoms with Gasteiger partial charge in [-0.15, -0.1) is 11.3 Å². The van der Waals surface area contributed by atoms with Gasteiger partial charge in [0.2, 0.25) is 0 Å². The van der Waals surface area contributed by atoms with Crippen LogP contribution >= 0.6 is 11.3 Å². The third kappa shape index (κ3) is 6.01. The van der Waals surface area contributed by atoms with E-state index in [1.165, 1.54) is 108 Å². The third-order valence-electron chi connectivity index (χ3n) is 11.5. The molecule has 11 aromatic rings. The molecule has 1 aromatic heterocycles. The summed E-state index contributed by atoms with van der Waals surface area (Å²) >= 11 is 1.89. The molecule has 0 fully saturated rings. The Hall–Kier alpha value is -7.06. The van der Waals surface area contributed by atoms with Crippen LogP contribution in [0.15, 0.2) is 218 Å². The molecular formula is C56H36S. The summed E-state index contributed by atoms with van der Waals surface area (Å²) in [6.07, 6.45) is 0. The fourth-order valence-corrected chi connectivity index (χ4v) is 9.78. The van der Waals surface area contributed by atoms with Crippen LogP contribution in [-0.2, 0) is 0 Å². The average molecular weight is 741 g/mol. The van der Waals surface area contributed by atoms with Crippen molar-refractivity contribution in [3.05, 3.63) is 218 Å². The van der Waals surface area contributed by atoms with Crippen LogP contribution in [0.3, 0.4) is 0 Å². The summed E-state index contributed by atoms with van der Waals surface area (Å²) in [5, 5.41) is 7.71. The molecule has 11 rings (SSSR count). The summed E-state index contributed by atoms with van der Waals surface area (Å²) in [4.78, 5) is 0. The van der Waals surface area contributed by atoms with E-state index in [0.717, 1.165) is 0 Å². The minimum Gasteiger partial charge on any atom is -0.135 e. The van der Waals surface area contributed by atoms with E-state index in [4.69, 9.17) is 0 Å². The average Bonchev–Trinajstić information content (AvgIpc) is 3.67. The summed E-state index contributed by atoms with van der Waals surface area (Å²) in [7, 11) is 0. The Morgan fingerprint density at radius 1 is 0.228 bits per heavy atom. The highest BCUT2D eigenvalue weighted by atomic mass is 32.1. The maximum atomic E-state index is 2.42. The summed E-state index contributed by atoms with van der Waals surface area (Å²) in [5.41, 5.74) is 14.7. The maximum absolute atomic E-state index is 2.42. The first-order valence-electron chi connectivity index (χ1n) is 19.6. The molecule has 0 atom stereocenters. The van der Waals surface area contributed by atoms with Gasteiger partial charge in [-0.3, -0.25) is 0 Å². The van der Waals surface area contributed by atoms with Gasteiger partial charge in [0.15, 0.2) is 0 Å². The SMILES string of the molecule is c1ccc(-c2cccc(-c3ccc4sc5c(-c6ccc(-c7cc8ccccc8c8ccccc78)cc6)cc(-c6cccc(-c7ccccc7)c6)cc5c4c3)c2)cc1. The highest BCUT2D eigenvalue weighted by molar-refractivity contribution is 7.26. The Morgan fingerprint density at radius 2 is 0.702 bits per heavy atom. The van der Waals surface area contributed by atoms with Crippen molar-refractivity contribution in [2.75, 3.05) is 0 Å². The van der Waals surface area contributed by atoms with Gasteiger partial charge in [0, 0.05) is 25.7 Å². The zero-order valence-corrected chi connectivity index (χ0v) is 32.0. The molecule has 0 radical (unpaired) electrons. The van der Waals surface area contributed by atoms with Crippen molar-refractivity contribution in [2.45, 2.75) is 0 Å². The van der Waals surface area contributed by atoms with Gasteiger partial charge < -0.3 is 0 Å². The van der Waals surface area contributed by atoms with Crippen LogP contribution in [0.4, 0.5) is 0 Å². The predicted molar refractivity (Wildman–Crippen MR) is 247 cm³/mol. The highest BCUT2D eigenvalue weighted by Gasteiger charge is 2.16. The van der Waals surface area contributed by atoms with Crippen LogP contribution in [0.5, 0.6) is 0 Å². The molecule has 1 heterocycles. The Bertz CT molecular complexity index is 3260. The van der Waals surface area contributed by atoms with E-state index in [2.05, 4.69) is 218 Å². The first-order valence-corrected chi connectivity index (χ1v) is 20.4. The lowest BCUT2D eigenvalue weighted by atomic mass is 9.91. The molecule has 0 spiro atoms. The molecule has 1 heteroatoms. The Morgan fingerprint density at radius 3 is 1.37 bits per heavy atom. The van der Waals surface area contributed by atoms with Crippen LogP contribution in [0.1, 0.15) is 0 Å². The number of hydrogen-bond acceptors (Lipinski definition) is 1. The van der Waals surface area contributed by atoms with Crippen LogP contribution in [0.25, 0.3) is 108 Å². The Labute approximate surface area is 336 Å². The van der Waals surface area contributed by atoms with Gasteiger partial charge in [-0.2, -0.15) is 0 Å². The van der Waals surface area contributed by atoms with Gasteiger partial charge in [0.25, 0.3) is 0 Å². The highest BCUT2D eigenvalue weighted by Crippen LogP contribution is 2.45. The number of fused-ring (bicyclic) bond motifs is 6. The van der Waals surface area contributed by atoms with E-state index in [-0.39, 0.29) is 0 Å². The van der Waals surface area contributed by atoms with Crippen molar-refractivity contribution in [3.8, 4) is 66.8 Å². The molecule has 0 aliphatic carbocycles. The molecule has 0 amide bonds. The fourth-order valence-electron chi connectivity index (χ4n) is 8.58. The molecule has 0 saturated carbocycles. The summed E-state index contributed by atoms with van der Waals surface area (Å²) in [6.45, 7) is 0. The maximum Gasteiger partial charge on any atom is 0.0434 e. The molecule has 0 unspecified atom stereocenters. The molecule has 266 valence electrons. The van der Waals surface area contributed by atoms with Crippen molar-refractivity contribution in [1.29, 1.82) is 0 Å². The number of rotatable bonds is 6. The van der Waals surface area contributed by atoms with E-state index >= 15 is 0 Å². The molecule has 0 bridgehead atoms. The van der Waals surface area contributed by atoms with Crippen molar-refractivity contribution in [2.24, 2.45) is 0 Å². The fraction of sp³-hybridized carbons (Fsp3) is 0. The molecule has 57 heavy (non-hydrogen) atoms. The number of benzene rings is 10. The van der Waals surface area contributed by atoms with Crippen molar-refractivity contribution >= 4 is 53.1 Å². The zero-order chi connectivity index (χ0) is 37.7. The second-order valence-corrected chi connectivity index (χ2v) is 15.9. The van der Waals surface area contributed by atoms with Gasteiger partial charge in [-0.25, -0.2) is 0 Å². The molecule has 10 aromatic carbocycles. The largest absolute Gasteiger partial charge is 0.135 e. The molecular weight excluding hydrogens is 705 g/mol. The normalized spacial score (nSPS) is 11.5. The van der Waals surface area contributed by atoms with Crippen LogP contribution in [0.2, 0.25) is 0 Å². The first kappa shape index (κ1) is 33.3. The van der Waals surface area contributed by atoms with Crippen molar-refractivity contribution in [1.82, 2.24) is 0 Å². The van der Waals surface area contributed by atoms with Gasteiger partial charge in [0.1, 0.15) is 0 Å². The lowest BCUT2D eigenvalue weighted by Crippen LogP contribution is -1.87. The van der Waals surface area contributed by atoms with Gasteiger partial charge in [-0.05, 0) is 125 Å². The van der Waals surface area contributed by atoms with Gasteiger partial charge >= 0.3 is 0 Å². The molecule has 0 N–H and O–H groups in total. The van der Waals surface area contributed by atoms with Crippen LogP contribution < -0.4 is 0 Å². The first-order chi connectivity index (χ1) is 28.2. The lowest BCUT2D eigenvalue weighted by molar-refractivity contribution is 1.59. The van der Waals surface area contributed by atoms with E-state index in [1.54, 1.807) is 0 Å². The summed E-state index contributed by atoms with van der Waals surface area (Å²) in [6, 6.07) is 80.2. The van der Waals surface area contributed by atoms with Gasteiger partial charge in [0.05, 0.1) is 0 Å². The Kier molecular flexibility index (Phi) is 8.12. The molecule has 0 nitrogen and oxygen atoms in total. The lowest BCUT2D eigenvalue weighted by Gasteiger charge is -2.13. The van der Waals surface area contributed by atoms with Crippen LogP contribution in [-0.4, -0.2) is 0 Å². The monoisotopic (exact) mass is 740 g/mol. The molecule has 0 saturated heterocycles. The Balaban J connectivity index is 1.08. The summed E-state index contributed by atoms with van der Waals surface area (Å²) in [5.74, 6) is 0. The van der Waals surface area contributed by atoms with E-state index in [9.17, 15) is 0 Å². The quantitative estimate of drug-likeness (QED) is 0.149. The zero-order valence-electron chi connectivity index (χ0n) is 31.2. The number of hydrogen-bond donors (Lipinski definition) is 0. The van der Waals surface area contributed by atoms with Crippen molar-refractivity contribution < 1.29 is 0 Å². The topological polar surface area (TPSA) is 0 Å². The number of thiophene rings is 1. The van der Waals surface area contributed by atoms with E-state index in [1.807, 2.05) is 11.3 Å². The van der Waals surface area contributed by atoms with Gasteiger partial charge in [-0.1, -0.05) is 176 Å². The standard InChI is InChI=1S/C56H36S/c1-3-13-37(14-4-1)41-18-11-20-43(31-41)45-29-30-55-53(33-45)54-36-47(44-21-12-19-42(32-44)38-15-5-2-6-16-38)35-52(56(54)57-55)40-27-25-39(26-28-40)51-34-46-17-7-8-22-48(46)49-23-9-10-24-50(49)51/h1-36H. The van der Waals surface area contributed by atoms with E-state index < -0.39 is 0 Å². The molecule has 0 aliphatic heterocycles. The van der Waals surface area contributed by atoms with Crippen LogP contribution in [0, 0.1) is 0 Å². The van der Waals surface area contributed by atoms with E-state index in [0.29, 0.717) is 0 Å². The minimum atomic E-state index is 1.21. The third-order valence-corrected chi connectivity index (χ3v) is 12.7. The smallest absolute Gasteiger partial charge is 0.0434 e. The molecule has 0 aliphatic rings.